The summed E-state index contributed by atoms with van der Waals surface area (Å²) >= 11 is 0. The number of carbonyl (C=O) groups excluding carboxylic acids is 1. The fourth-order valence-corrected chi connectivity index (χ4v) is 7.23. The maximum absolute atomic E-state index is 13.6. The van der Waals surface area contributed by atoms with Gasteiger partial charge in [-0.2, -0.15) is 26.3 Å². The molecule has 0 unspecified atom stereocenters. The third-order valence-electron chi connectivity index (χ3n) is 9.74. The van der Waals surface area contributed by atoms with E-state index in [1.165, 1.54) is 5.56 Å². The number of hydrogen-bond donors (Lipinski definition) is 0. The Labute approximate surface area is 254 Å². The Morgan fingerprint density at radius 2 is 1.25 bits per heavy atom. The molecule has 3 aromatic rings. The Kier molecular flexibility index (Phi) is 9.44. The van der Waals surface area contributed by atoms with Crippen molar-refractivity contribution in [3.05, 3.63) is 107 Å². The van der Waals surface area contributed by atoms with Crippen molar-refractivity contribution >= 4 is 5.91 Å². The number of carbonyl (C=O) groups is 1. The van der Waals surface area contributed by atoms with Crippen LogP contribution in [0.5, 0.6) is 0 Å². The number of nitrogens with zero attached hydrogens (tertiary/aromatic N) is 2. The normalized spacial score (nSPS) is 22.1. The van der Waals surface area contributed by atoms with Crippen molar-refractivity contribution in [1.82, 2.24) is 9.80 Å². The fourth-order valence-electron chi connectivity index (χ4n) is 7.23. The highest BCUT2D eigenvalue weighted by atomic mass is 19.4. The van der Waals surface area contributed by atoms with Crippen LogP contribution in [0.2, 0.25) is 0 Å². The maximum atomic E-state index is 13.6. The topological polar surface area (TPSA) is 23.6 Å². The van der Waals surface area contributed by atoms with Gasteiger partial charge in [0.25, 0.3) is 0 Å². The largest absolute Gasteiger partial charge is 0.416 e. The van der Waals surface area contributed by atoms with E-state index >= 15 is 0 Å². The molecule has 1 aliphatic carbocycles. The average molecular weight is 617 g/mol. The number of halogens is 6. The first-order valence-corrected chi connectivity index (χ1v) is 15.2. The van der Waals surface area contributed by atoms with Gasteiger partial charge in [-0.05, 0) is 98.3 Å². The molecule has 2 fully saturated rings. The highest BCUT2D eigenvalue weighted by molar-refractivity contribution is 5.79. The quantitative estimate of drug-likeness (QED) is 0.248. The molecule has 5 rings (SSSR count). The Morgan fingerprint density at radius 3 is 1.77 bits per heavy atom. The summed E-state index contributed by atoms with van der Waals surface area (Å²) in [5.41, 5.74) is -1.56. The molecule has 2 aliphatic rings. The second-order valence-electron chi connectivity index (χ2n) is 12.4. The van der Waals surface area contributed by atoms with Crippen molar-refractivity contribution in [2.24, 2.45) is 11.8 Å². The second-order valence-corrected chi connectivity index (χ2v) is 12.4. The van der Waals surface area contributed by atoms with Crippen molar-refractivity contribution < 1.29 is 31.1 Å². The van der Waals surface area contributed by atoms with Gasteiger partial charge in [0.1, 0.15) is 0 Å². The van der Waals surface area contributed by atoms with E-state index in [1.807, 2.05) is 36.4 Å². The molecule has 236 valence electrons. The minimum atomic E-state index is -4.97. The number of benzene rings is 3. The third kappa shape index (κ3) is 7.31. The molecule has 1 saturated heterocycles. The van der Waals surface area contributed by atoms with Gasteiger partial charge >= 0.3 is 12.4 Å². The standard InChI is InChI=1S/C35H38F6N2O/c1-42(32(44)22-26-20-30(34(36,37)38)23-31(21-26)35(39,40)41)33(29-10-6-3-7-11-29)16-12-27(13-17-33)28-14-18-43(19-15-28)24-25-8-4-2-5-9-25/h2-11,20-21,23,27-28H,12-19,22,24H2,1H3/t27-,33-. The highest BCUT2D eigenvalue weighted by Gasteiger charge is 2.44. The van der Waals surface area contributed by atoms with Crippen LogP contribution in [-0.4, -0.2) is 35.8 Å². The minimum absolute atomic E-state index is 0.0938. The number of amides is 1. The van der Waals surface area contributed by atoms with Crippen LogP contribution in [-0.2, 0) is 35.7 Å². The van der Waals surface area contributed by atoms with Gasteiger partial charge in [0.15, 0.2) is 0 Å². The Hall–Kier alpha value is -3.33. The number of alkyl halides is 6. The molecule has 1 amide bonds. The highest BCUT2D eigenvalue weighted by Crippen LogP contribution is 2.47. The Balaban J connectivity index is 1.29. The smallest absolute Gasteiger partial charge is 0.336 e. The third-order valence-corrected chi connectivity index (χ3v) is 9.74. The molecule has 0 N–H and O–H groups in total. The molecule has 0 aromatic heterocycles. The summed E-state index contributed by atoms with van der Waals surface area (Å²) in [6.07, 6.45) is -5.09. The SMILES string of the molecule is CN(C(=O)Cc1cc(C(F)(F)F)cc(C(F)(F)F)c1)[C@]1(c2ccccc2)CC[C@@H](C2CCN(Cc3ccccc3)CC2)CC1. The van der Waals surface area contributed by atoms with Gasteiger partial charge in [0, 0.05) is 13.6 Å². The van der Waals surface area contributed by atoms with Crippen LogP contribution in [0.1, 0.15) is 66.3 Å². The zero-order valence-electron chi connectivity index (χ0n) is 24.8. The lowest BCUT2D eigenvalue weighted by molar-refractivity contribution is -0.144. The Morgan fingerprint density at radius 1 is 0.750 bits per heavy atom. The van der Waals surface area contributed by atoms with E-state index in [-0.39, 0.29) is 11.6 Å². The first-order valence-electron chi connectivity index (χ1n) is 15.2. The van der Waals surface area contributed by atoms with Crippen molar-refractivity contribution in [2.75, 3.05) is 20.1 Å². The lowest BCUT2D eigenvalue weighted by atomic mass is 9.67. The molecule has 0 atom stereocenters. The van der Waals surface area contributed by atoms with Crippen molar-refractivity contribution in [3.8, 4) is 0 Å². The maximum Gasteiger partial charge on any atom is 0.416 e. The van der Waals surface area contributed by atoms with Crippen LogP contribution in [0, 0.1) is 11.8 Å². The van der Waals surface area contributed by atoms with Gasteiger partial charge in [-0.25, -0.2) is 0 Å². The molecule has 1 heterocycles. The first-order chi connectivity index (χ1) is 20.8. The lowest BCUT2D eigenvalue weighted by Crippen LogP contribution is -2.50. The molecule has 0 spiro atoms. The van der Waals surface area contributed by atoms with Crippen LogP contribution >= 0.6 is 0 Å². The zero-order valence-corrected chi connectivity index (χ0v) is 24.8. The molecule has 44 heavy (non-hydrogen) atoms. The van der Waals surface area contributed by atoms with E-state index in [0.717, 1.165) is 50.9 Å². The van der Waals surface area contributed by atoms with E-state index in [1.54, 1.807) is 11.9 Å². The van der Waals surface area contributed by atoms with Crippen molar-refractivity contribution in [3.63, 3.8) is 0 Å². The van der Waals surface area contributed by atoms with Gasteiger partial charge in [-0.15, -0.1) is 0 Å². The van der Waals surface area contributed by atoms with Crippen molar-refractivity contribution in [2.45, 2.75) is 69.4 Å². The van der Waals surface area contributed by atoms with E-state index < -0.39 is 41.3 Å². The van der Waals surface area contributed by atoms with Crippen molar-refractivity contribution in [1.29, 1.82) is 0 Å². The molecular weight excluding hydrogens is 578 g/mol. The predicted molar refractivity (Wildman–Crippen MR) is 157 cm³/mol. The van der Waals surface area contributed by atoms with E-state index in [2.05, 4.69) is 29.2 Å². The van der Waals surface area contributed by atoms with Gasteiger partial charge < -0.3 is 4.90 Å². The van der Waals surface area contributed by atoms with Crippen LogP contribution < -0.4 is 0 Å². The van der Waals surface area contributed by atoms with Crippen LogP contribution in [0.4, 0.5) is 26.3 Å². The van der Waals surface area contributed by atoms with Gasteiger partial charge in [0.2, 0.25) is 5.91 Å². The molecular formula is C35H38F6N2O. The number of piperidine rings is 1. The molecule has 3 nitrogen and oxygen atoms in total. The van der Waals surface area contributed by atoms with Gasteiger partial charge in [-0.1, -0.05) is 60.7 Å². The number of likely N-dealkylation sites (tertiary alicyclic amines) is 1. The van der Waals surface area contributed by atoms with Gasteiger partial charge in [-0.3, -0.25) is 9.69 Å². The van der Waals surface area contributed by atoms with Gasteiger partial charge in [0.05, 0.1) is 23.1 Å². The first kappa shape index (κ1) is 32.1. The summed E-state index contributed by atoms with van der Waals surface area (Å²) in [4.78, 5) is 17.7. The van der Waals surface area contributed by atoms with E-state index in [9.17, 15) is 31.1 Å². The summed E-state index contributed by atoms with van der Waals surface area (Å²) in [7, 11) is 1.63. The fraction of sp³-hybridized carbons (Fsp3) is 0.457. The summed E-state index contributed by atoms with van der Waals surface area (Å²) in [6.45, 7) is 3.02. The summed E-state index contributed by atoms with van der Waals surface area (Å²) < 4.78 is 80.7. The van der Waals surface area contributed by atoms with E-state index in [0.29, 0.717) is 36.8 Å². The van der Waals surface area contributed by atoms with Crippen LogP contribution in [0.15, 0.2) is 78.9 Å². The molecule has 9 heteroatoms. The average Bonchev–Trinajstić information content (AvgIpc) is 3.01. The minimum Gasteiger partial charge on any atom is -0.336 e. The van der Waals surface area contributed by atoms with Crippen LogP contribution in [0.25, 0.3) is 0 Å². The molecule has 0 bridgehead atoms. The molecule has 1 aliphatic heterocycles. The number of likely N-dealkylation sites (N-methyl/N-ethyl adjacent to an activating group) is 1. The molecule has 3 aromatic carbocycles. The summed E-state index contributed by atoms with van der Waals surface area (Å²) in [5, 5.41) is 0. The predicted octanol–water partition coefficient (Wildman–Crippen LogP) is 8.72. The summed E-state index contributed by atoms with van der Waals surface area (Å²) in [5.74, 6) is 0.587. The van der Waals surface area contributed by atoms with E-state index in [4.69, 9.17) is 0 Å². The van der Waals surface area contributed by atoms with Crippen LogP contribution in [0.3, 0.4) is 0 Å². The zero-order chi connectivity index (χ0) is 31.5. The second kappa shape index (κ2) is 13.0. The molecule has 0 radical (unpaired) electrons. The monoisotopic (exact) mass is 616 g/mol. The molecule has 1 saturated carbocycles. The number of rotatable bonds is 7. The Bertz CT molecular complexity index is 1360. The number of hydrogen-bond acceptors (Lipinski definition) is 2. The lowest BCUT2D eigenvalue weighted by Gasteiger charge is -2.49. The summed E-state index contributed by atoms with van der Waals surface area (Å²) in [6, 6.07) is 21.4.